The molecule has 0 spiro atoms. The fraction of sp³-hybridized carbons (Fsp3) is 0.600. The van der Waals surface area contributed by atoms with Crippen molar-refractivity contribution in [1.82, 2.24) is 10.2 Å². The Hall–Kier alpha value is -1.26. The molecule has 108 valence electrons. The number of rotatable bonds is 7. The van der Waals surface area contributed by atoms with Crippen LogP contribution in [0.5, 0.6) is 11.5 Å². The molecule has 1 N–H and O–H groups in total. The number of methoxy groups -OCH3 is 2. The van der Waals surface area contributed by atoms with E-state index in [0.29, 0.717) is 0 Å². The first-order valence-corrected chi connectivity index (χ1v) is 6.51. The van der Waals surface area contributed by atoms with Gasteiger partial charge in [0.05, 0.1) is 14.2 Å². The second kappa shape index (κ2) is 6.78. The summed E-state index contributed by atoms with van der Waals surface area (Å²) in [7, 11) is 7.47. The van der Waals surface area contributed by atoms with Gasteiger partial charge in [0.15, 0.2) is 0 Å². The van der Waals surface area contributed by atoms with Crippen LogP contribution in [0.25, 0.3) is 0 Å². The van der Waals surface area contributed by atoms with Gasteiger partial charge in [-0.25, -0.2) is 0 Å². The van der Waals surface area contributed by atoms with E-state index < -0.39 is 0 Å². The number of likely N-dealkylation sites (N-methyl/N-ethyl adjacent to an activating group) is 2. The first kappa shape index (κ1) is 15.8. The maximum atomic E-state index is 5.42. The average molecular weight is 266 g/mol. The normalized spacial score (nSPS) is 11.7. The molecule has 0 amide bonds. The van der Waals surface area contributed by atoms with Gasteiger partial charge in [0, 0.05) is 24.2 Å². The summed E-state index contributed by atoms with van der Waals surface area (Å²) in [6.45, 7) is 6.18. The first-order chi connectivity index (χ1) is 8.94. The van der Waals surface area contributed by atoms with Crippen molar-refractivity contribution < 1.29 is 9.47 Å². The van der Waals surface area contributed by atoms with Crippen molar-refractivity contribution in [1.29, 1.82) is 0 Å². The number of hydrogen-bond donors (Lipinski definition) is 1. The summed E-state index contributed by atoms with van der Waals surface area (Å²) in [5.41, 5.74) is 1.21. The second-order valence-electron chi connectivity index (χ2n) is 5.38. The first-order valence-electron chi connectivity index (χ1n) is 6.51. The highest BCUT2D eigenvalue weighted by Gasteiger charge is 2.23. The molecule has 0 bridgehead atoms. The molecule has 0 atom stereocenters. The number of nitrogens with one attached hydrogen (secondary N) is 1. The van der Waals surface area contributed by atoms with Crippen LogP contribution in [-0.2, 0) is 6.54 Å². The van der Waals surface area contributed by atoms with Gasteiger partial charge in [-0.1, -0.05) is 0 Å². The van der Waals surface area contributed by atoms with Crippen molar-refractivity contribution >= 4 is 0 Å². The molecule has 0 heterocycles. The Kier molecular flexibility index (Phi) is 5.63. The van der Waals surface area contributed by atoms with Crippen molar-refractivity contribution in [2.24, 2.45) is 0 Å². The zero-order valence-corrected chi connectivity index (χ0v) is 12.9. The summed E-state index contributed by atoms with van der Waals surface area (Å²) in [5, 5.41) is 3.23. The Balaban J connectivity index is 2.91. The molecule has 0 aliphatic rings. The van der Waals surface area contributed by atoms with E-state index in [1.165, 1.54) is 0 Å². The van der Waals surface area contributed by atoms with Crippen LogP contribution in [0.2, 0.25) is 0 Å². The molecule has 19 heavy (non-hydrogen) atoms. The van der Waals surface area contributed by atoms with E-state index in [9.17, 15) is 0 Å². The summed E-state index contributed by atoms with van der Waals surface area (Å²) in [6.07, 6.45) is 0. The third-order valence-corrected chi connectivity index (χ3v) is 3.54. The van der Waals surface area contributed by atoms with Crippen molar-refractivity contribution in [3.63, 3.8) is 0 Å². The average Bonchev–Trinajstić information content (AvgIpc) is 2.38. The molecule has 0 unspecified atom stereocenters. The predicted molar refractivity (Wildman–Crippen MR) is 79.0 cm³/mol. The zero-order valence-electron chi connectivity index (χ0n) is 12.9. The van der Waals surface area contributed by atoms with E-state index in [4.69, 9.17) is 9.47 Å². The number of hydrogen-bond acceptors (Lipinski definition) is 4. The van der Waals surface area contributed by atoms with Gasteiger partial charge < -0.3 is 14.8 Å². The van der Waals surface area contributed by atoms with E-state index >= 15 is 0 Å². The lowest BCUT2D eigenvalue weighted by molar-refractivity contribution is 0.146. The fourth-order valence-electron chi connectivity index (χ4n) is 2.04. The third-order valence-electron chi connectivity index (χ3n) is 3.54. The summed E-state index contributed by atoms with van der Waals surface area (Å²) in [5.74, 6) is 1.75. The molecule has 0 aliphatic heterocycles. The molecule has 0 fully saturated rings. The lowest BCUT2D eigenvalue weighted by Crippen LogP contribution is -2.47. The zero-order chi connectivity index (χ0) is 14.5. The Labute approximate surface area is 116 Å². The van der Waals surface area contributed by atoms with Crippen molar-refractivity contribution in [3.05, 3.63) is 23.8 Å². The molecule has 0 aliphatic carbocycles. The van der Waals surface area contributed by atoms with Gasteiger partial charge in [-0.3, -0.25) is 4.90 Å². The standard InChI is InChI=1S/C15H26N2O2/c1-15(2,11-16-3)17(4)10-12-9-13(18-5)7-8-14(12)19-6/h7-9,16H,10-11H2,1-6H3. The lowest BCUT2D eigenvalue weighted by atomic mass is 10.0. The Morgan fingerprint density at radius 3 is 2.42 bits per heavy atom. The van der Waals surface area contributed by atoms with Crippen LogP contribution in [0.15, 0.2) is 18.2 Å². The van der Waals surface area contributed by atoms with Gasteiger partial charge in [-0.05, 0) is 46.1 Å². The van der Waals surface area contributed by atoms with Crippen LogP contribution in [0, 0.1) is 0 Å². The highest BCUT2D eigenvalue weighted by molar-refractivity contribution is 5.40. The smallest absolute Gasteiger partial charge is 0.123 e. The SMILES string of the molecule is CNCC(C)(C)N(C)Cc1cc(OC)ccc1OC. The summed E-state index contributed by atoms with van der Waals surface area (Å²) in [4.78, 5) is 2.31. The Morgan fingerprint density at radius 2 is 1.89 bits per heavy atom. The fourth-order valence-corrected chi connectivity index (χ4v) is 2.04. The third kappa shape index (κ3) is 4.11. The van der Waals surface area contributed by atoms with Gasteiger partial charge in [0.1, 0.15) is 11.5 Å². The van der Waals surface area contributed by atoms with E-state index in [2.05, 4.69) is 31.1 Å². The van der Waals surface area contributed by atoms with E-state index in [1.807, 2.05) is 25.2 Å². The van der Waals surface area contributed by atoms with E-state index in [0.717, 1.165) is 30.2 Å². The monoisotopic (exact) mass is 266 g/mol. The lowest BCUT2D eigenvalue weighted by Gasteiger charge is -2.36. The van der Waals surface area contributed by atoms with Crippen LogP contribution in [0.4, 0.5) is 0 Å². The predicted octanol–water partition coefficient (Wildman–Crippen LogP) is 2.13. The molecule has 1 aromatic rings. The van der Waals surface area contributed by atoms with Crippen LogP contribution in [-0.4, -0.2) is 45.3 Å². The molecule has 0 aromatic heterocycles. The molecule has 4 nitrogen and oxygen atoms in total. The summed E-state index contributed by atoms with van der Waals surface area (Å²) >= 11 is 0. The van der Waals surface area contributed by atoms with Gasteiger partial charge >= 0.3 is 0 Å². The minimum absolute atomic E-state index is 0.0723. The highest BCUT2D eigenvalue weighted by atomic mass is 16.5. The van der Waals surface area contributed by atoms with Gasteiger partial charge in [-0.2, -0.15) is 0 Å². The molecule has 0 radical (unpaired) electrons. The second-order valence-corrected chi connectivity index (χ2v) is 5.38. The van der Waals surface area contributed by atoms with E-state index in [-0.39, 0.29) is 5.54 Å². The number of ether oxygens (including phenoxy) is 2. The van der Waals surface area contributed by atoms with Crippen molar-refractivity contribution in [2.45, 2.75) is 25.9 Å². The van der Waals surface area contributed by atoms with Gasteiger partial charge in [-0.15, -0.1) is 0 Å². The van der Waals surface area contributed by atoms with Crippen LogP contribution in [0.3, 0.4) is 0 Å². The number of benzene rings is 1. The van der Waals surface area contributed by atoms with Crippen LogP contribution in [0.1, 0.15) is 19.4 Å². The minimum Gasteiger partial charge on any atom is -0.497 e. The Bertz CT molecular complexity index is 405. The molecular formula is C15H26N2O2. The van der Waals surface area contributed by atoms with Gasteiger partial charge in [0.2, 0.25) is 0 Å². The summed E-state index contributed by atoms with van der Waals surface area (Å²) in [6, 6.07) is 5.90. The molecule has 0 saturated carbocycles. The summed E-state index contributed by atoms with van der Waals surface area (Å²) < 4.78 is 10.7. The van der Waals surface area contributed by atoms with E-state index in [1.54, 1.807) is 14.2 Å². The Morgan fingerprint density at radius 1 is 1.21 bits per heavy atom. The van der Waals surface area contributed by atoms with Crippen LogP contribution >= 0.6 is 0 Å². The highest BCUT2D eigenvalue weighted by Crippen LogP contribution is 2.26. The van der Waals surface area contributed by atoms with Crippen molar-refractivity contribution in [3.8, 4) is 11.5 Å². The van der Waals surface area contributed by atoms with Gasteiger partial charge in [0.25, 0.3) is 0 Å². The molecule has 0 saturated heterocycles. The molecule has 4 heteroatoms. The van der Waals surface area contributed by atoms with Crippen LogP contribution < -0.4 is 14.8 Å². The van der Waals surface area contributed by atoms with Crippen molar-refractivity contribution in [2.75, 3.05) is 34.9 Å². The number of nitrogens with zero attached hydrogens (tertiary/aromatic N) is 1. The minimum atomic E-state index is 0.0723. The quantitative estimate of drug-likeness (QED) is 0.820. The maximum Gasteiger partial charge on any atom is 0.123 e. The maximum absolute atomic E-state index is 5.42. The topological polar surface area (TPSA) is 33.7 Å². The molecule has 1 rings (SSSR count). The molecular weight excluding hydrogens is 240 g/mol. The molecule has 1 aromatic carbocycles. The largest absolute Gasteiger partial charge is 0.497 e.